The van der Waals surface area contributed by atoms with Crippen LogP contribution in [-0.4, -0.2) is 60.0 Å². The lowest BCUT2D eigenvalue weighted by molar-refractivity contribution is 0.0763. The van der Waals surface area contributed by atoms with Crippen LogP contribution in [0.1, 0.15) is 22.3 Å². The summed E-state index contributed by atoms with van der Waals surface area (Å²) < 4.78 is 0. The van der Waals surface area contributed by atoms with E-state index in [0.29, 0.717) is 11.1 Å². The lowest BCUT2D eigenvalue weighted by Crippen LogP contribution is -2.34. The van der Waals surface area contributed by atoms with E-state index in [0.717, 1.165) is 32.6 Å². The molecule has 6 nitrogen and oxygen atoms in total. The zero-order valence-electron chi connectivity index (χ0n) is 11.6. The number of oxime groups is 1. The highest BCUT2D eigenvalue weighted by Crippen LogP contribution is 2.11. The first-order chi connectivity index (χ1) is 9.61. The zero-order valence-corrected chi connectivity index (χ0v) is 11.6. The Kier molecular flexibility index (Phi) is 4.57. The Morgan fingerprint density at radius 3 is 2.75 bits per heavy atom. The first-order valence-corrected chi connectivity index (χ1v) is 6.67. The maximum absolute atomic E-state index is 12.5. The monoisotopic (exact) mass is 276 g/mol. The first-order valence-electron chi connectivity index (χ1n) is 6.67. The molecule has 1 fully saturated rings. The summed E-state index contributed by atoms with van der Waals surface area (Å²) in [6.07, 6.45) is 0.974. The average Bonchev–Trinajstić information content (AvgIpc) is 2.70. The standard InChI is InChI=1S/C14H20N4O2/c1-17-6-3-7-18(9-8-17)14(19)12-5-2-4-11(10-12)13(15)16-20/h2,4-5,10,20H,3,6-9H2,1H3,(H2,15,16). The molecule has 0 atom stereocenters. The average molecular weight is 276 g/mol. The van der Waals surface area contributed by atoms with E-state index < -0.39 is 0 Å². The largest absolute Gasteiger partial charge is 0.409 e. The van der Waals surface area contributed by atoms with Crippen molar-refractivity contribution in [1.82, 2.24) is 9.80 Å². The molecule has 0 unspecified atom stereocenters. The fraction of sp³-hybridized carbons (Fsp3) is 0.429. The van der Waals surface area contributed by atoms with Gasteiger partial charge >= 0.3 is 0 Å². The quantitative estimate of drug-likeness (QED) is 0.358. The van der Waals surface area contributed by atoms with Gasteiger partial charge in [-0.15, -0.1) is 0 Å². The van der Waals surface area contributed by atoms with Crippen LogP contribution >= 0.6 is 0 Å². The van der Waals surface area contributed by atoms with Crippen LogP contribution in [0, 0.1) is 0 Å². The van der Waals surface area contributed by atoms with E-state index >= 15 is 0 Å². The Balaban J connectivity index is 2.16. The highest BCUT2D eigenvalue weighted by Gasteiger charge is 2.19. The molecule has 108 valence electrons. The minimum absolute atomic E-state index is 0.00658. The van der Waals surface area contributed by atoms with Gasteiger partial charge in [-0.1, -0.05) is 17.3 Å². The molecule has 1 aromatic rings. The van der Waals surface area contributed by atoms with Crippen LogP contribution in [0.15, 0.2) is 29.4 Å². The fourth-order valence-electron chi connectivity index (χ4n) is 2.30. The number of benzene rings is 1. The van der Waals surface area contributed by atoms with E-state index in [1.165, 1.54) is 0 Å². The summed E-state index contributed by atoms with van der Waals surface area (Å²) in [6, 6.07) is 6.86. The molecule has 1 heterocycles. The molecule has 0 bridgehead atoms. The number of likely N-dealkylation sites (N-methyl/N-ethyl adjacent to an activating group) is 1. The molecule has 0 spiro atoms. The van der Waals surface area contributed by atoms with Gasteiger partial charge in [0.2, 0.25) is 0 Å². The SMILES string of the molecule is CN1CCCN(C(=O)c2cccc(/C(N)=N/O)c2)CC1. The summed E-state index contributed by atoms with van der Waals surface area (Å²) in [5.41, 5.74) is 6.67. The van der Waals surface area contributed by atoms with E-state index in [4.69, 9.17) is 10.9 Å². The number of hydrogen-bond acceptors (Lipinski definition) is 4. The molecule has 1 amide bonds. The first kappa shape index (κ1) is 14.3. The molecule has 0 radical (unpaired) electrons. The summed E-state index contributed by atoms with van der Waals surface area (Å²) in [4.78, 5) is 16.6. The van der Waals surface area contributed by atoms with Gasteiger partial charge in [-0.3, -0.25) is 4.79 Å². The molecule has 6 heteroatoms. The van der Waals surface area contributed by atoms with E-state index in [2.05, 4.69) is 17.1 Å². The van der Waals surface area contributed by atoms with Crippen molar-refractivity contribution in [3.63, 3.8) is 0 Å². The van der Waals surface area contributed by atoms with Crippen LogP contribution in [0.5, 0.6) is 0 Å². The van der Waals surface area contributed by atoms with Crippen molar-refractivity contribution in [1.29, 1.82) is 0 Å². The Labute approximate surface area is 118 Å². The van der Waals surface area contributed by atoms with Gasteiger partial charge in [0.15, 0.2) is 5.84 Å². The van der Waals surface area contributed by atoms with Gasteiger partial charge < -0.3 is 20.7 Å². The van der Waals surface area contributed by atoms with Crippen molar-refractivity contribution in [2.45, 2.75) is 6.42 Å². The number of nitrogens with zero attached hydrogens (tertiary/aromatic N) is 3. The number of carbonyl (C=O) groups excluding carboxylic acids is 1. The van der Waals surface area contributed by atoms with Crippen LogP contribution in [0.3, 0.4) is 0 Å². The third-order valence-corrected chi connectivity index (χ3v) is 3.52. The molecular weight excluding hydrogens is 256 g/mol. The summed E-state index contributed by atoms with van der Waals surface area (Å²) >= 11 is 0. The molecule has 0 aliphatic carbocycles. The predicted octanol–water partition coefficient (Wildman–Crippen LogP) is 0.559. The number of rotatable bonds is 2. The Morgan fingerprint density at radius 1 is 1.25 bits per heavy atom. The topological polar surface area (TPSA) is 82.2 Å². The van der Waals surface area contributed by atoms with Gasteiger partial charge in [-0.25, -0.2) is 0 Å². The van der Waals surface area contributed by atoms with Gasteiger partial charge in [-0.05, 0) is 32.1 Å². The van der Waals surface area contributed by atoms with Gasteiger partial charge in [0.25, 0.3) is 5.91 Å². The number of amides is 1. The molecule has 2 rings (SSSR count). The van der Waals surface area contributed by atoms with Crippen LogP contribution in [0.25, 0.3) is 0 Å². The second-order valence-corrected chi connectivity index (χ2v) is 5.02. The third kappa shape index (κ3) is 3.27. The zero-order chi connectivity index (χ0) is 14.5. The summed E-state index contributed by atoms with van der Waals surface area (Å²) in [5.74, 6) is 0.00291. The van der Waals surface area contributed by atoms with Crippen LogP contribution < -0.4 is 5.73 Å². The molecule has 20 heavy (non-hydrogen) atoms. The van der Waals surface area contributed by atoms with E-state index in [1.54, 1.807) is 24.3 Å². The molecule has 0 saturated carbocycles. The maximum Gasteiger partial charge on any atom is 0.253 e. The smallest absolute Gasteiger partial charge is 0.253 e. The van der Waals surface area contributed by atoms with Crippen molar-refractivity contribution in [2.75, 3.05) is 33.2 Å². The molecular formula is C14H20N4O2. The van der Waals surface area contributed by atoms with Crippen LogP contribution in [0.2, 0.25) is 0 Å². The summed E-state index contributed by atoms with van der Waals surface area (Å²) in [5, 5.41) is 11.7. The van der Waals surface area contributed by atoms with E-state index in [1.807, 2.05) is 4.90 Å². The predicted molar refractivity (Wildman–Crippen MR) is 77.0 cm³/mol. The molecule has 3 N–H and O–H groups in total. The van der Waals surface area contributed by atoms with E-state index in [9.17, 15) is 4.79 Å². The minimum atomic E-state index is -0.00658. The van der Waals surface area contributed by atoms with Gasteiger partial charge in [0.05, 0.1) is 0 Å². The normalized spacial score (nSPS) is 17.9. The van der Waals surface area contributed by atoms with Crippen molar-refractivity contribution in [2.24, 2.45) is 10.9 Å². The van der Waals surface area contributed by atoms with Crippen LogP contribution in [-0.2, 0) is 0 Å². The third-order valence-electron chi connectivity index (χ3n) is 3.52. The van der Waals surface area contributed by atoms with Crippen molar-refractivity contribution in [3.8, 4) is 0 Å². The molecule has 1 aliphatic rings. The highest BCUT2D eigenvalue weighted by atomic mass is 16.4. The Hall–Kier alpha value is -2.08. The van der Waals surface area contributed by atoms with Gasteiger partial charge in [0.1, 0.15) is 0 Å². The van der Waals surface area contributed by atoms with E-state index in [-0.39, 0.29) is 11.7 Å². The Bertz CT molecular complexity index is 516. The van der Waals surface area contributed by atoms with Crippen molar-refractivity contribution in [3.05, 3.63) is 35.4 Å². The summed E-state index contributed by atoms with van der Waals surface area (Å²) in [6.45, 7) is 3.37. The fourth-order valence-corrected chi connectivity index (χ4v) is 2.30. The molecule has 0 aromatic heterocycles. The Morgan fingerprint density at radius 2 is 2.00 bits per heavy atom. The summed E-state index contributed by atoms with van der Waals surface area (Å²) in [7, 11) is 2.06. The second kappa shape index (κ2) is 6.38. The molecule has 1 aliphatic heterocycles. The lowest BCUT2D eigenvalue weighted by Gasteiger charge is -2.20. The van der Waals surface area contributed by atoms with Crippen molar-refractivity contribution < 1.29 is 10.0 Å². The number of nitrogens with two attached hydrogens (primary N) is 1. The number of hydrogen-bond donors (Lipinski definition) is 2. The number of amidine groups is 1. The maximum atomic E-state index is 12.5. The molecule has 1 aromatic carbocycles. The molecule has 1 saturated heterocycles. The minimum Gasteiger partial charge on any atom is -0.409 e. The van der Waals surface area contributed by atoms with Crippen molar-refractivity contribution >= 4 is 11.7 Å². The number of carbonyl (C=O) groups is 1. The second-order valence-electron chi connectivity index (χ2n) is 5.02. The van der Waals surface area contributed by atoms with Gasteiger partial charge in [0, 0.05) is 30.8 Å². The highest BCUT2D eigenvalue weighted by molar-refractivity contribution is 6.01. The van der Waals surface area contributed by atoms with Crippen LogP contribution in [0.4, 0.5) is 0 Å². The van der Waals surface area contributed by atoms with Gasteiger partial charge in [-0.2, -0.15) is 0 Å². The lowest BCUT2D eigenvalue weighted by atomic mass is 10.1.